The molecule has 0 fully saturated rings. The number of nitrogens with one attached hydrogen (secondary N) is 3. The molecule has 0 saturated carbocycles. The fourth-order valence-electron chi connectivity index (χ4n) is 2.47. The predicted molar refractivity (Wildman–Crippen MR) is 90.9 cm³/mol. The Morgan fingerprint density at radius 3 is 2.67 bits per heavy atom. The summed E-state index contributed by atoms with van der Waals surface area (Å²) in [5.41, 5.74) is 2.75. The summed E-state index contributed by atoms with van der Waals surface area (Å²) in [6.45, 7) is 0.398. The van der Waals surface area contributed by atoms with Gasteiger partial charge in [0.1, 0.15) is 11.2 Å². The van der Waals surface area contributed by atoms with Crippen LogP contribution in [0.2, 0.25) is 10.0 Å². The lowest BCUT2D eigenvalue weighted by molar-refractivity contribution is 0.784. The first-order valence-electron chi connectivity index (χ1n) is 7.06. The summed E-state index contributed by atoms with van der Waals surface area (Å²) in [7, 11) is 0. The van der Waals surface area contributed by atoms with Gasteiger partial charge in [-0.1, -0.05) is 29.3 Å². The Morgan fingerprint density at radius 2 is 1.96 bits per heavy atom. The molecule has 0 atom stereocenters. The predicted octanol–water partition coefficient (Wildman–Crippen LogP) is 2.98. The normalized spacial score (nSPS) is 11.2. The number of imidazole rings is 1. The molecule has 0 bridgehead atoms. The van der Waals surface area contributed by atoms with Crippen LogP contribution in [0, 0.1) is 5.41 Å². The molecule has 0 aliphatic rings. The maximum atomic E-state index is 7.99. The van der Waals surface area contributed by atoms with Crippen LogP contribution in [-0.4, -0.2) is 29.7 Å². The molecule has 3 heterocycles. The second kappa shape index (κ2) is 5.77. The Labute approximate surface area is 145 Å². The van der Waals surface area contributed by atoms with Crippen LogP contribution in [-0.2, 0) is 6.54 Å². The molecule has 0 radical (unpaired) electrons. The second-order valence-electron chi connectivity index (χ2n) is 5.18. The maximum absolute atomic E-state index is 7.99. The van der Waals surface area contributed by atoms with Crippen LogP contribution in [0.5, 0.6) is 0 Å². The molecule has 1 aromatic carbocycles. The van der Waals surface area contributed by atoms with E-state index in [1.165, 1.54) is 0 Å². The van der Waals surface area contributed by atoms with Gasteiger partial charge in [-0.2, -0.15) is 5.10 Å². The third-order valence-corrected chi connectivity index (χ3v) is 4.37. The fraction of sp³-hybridized carbons (Fsp3) is 0.0667. The van der Waals surface area contributed by atoms with E-state index in [1.807, 2.05) is 0 Å². The van der Waals surface area contributed by atoms with Crippen molar-refractivity contribution in [3.63, 3.8) is 0 Å². The minimum atomic E-state index is 0.116. The van der Waals surface area contributed by atoms with Crippen LogP contribution < -0.4 is 5.49 Å². The molecular weight excluding hydrogens is 349 g/mol. The Bertz CT molecular complexity index is 1060. The number of H-pyrrole nitrogens is 2. The standard InChI is InChI=1S/C15H11Cl2N7/c16-9-2-1-3-10(17)8(9)6-24-7-19-13(18)12-15(24)22-14(21-12)11-4-5-20-23-11/h1-5,7,18H,6H2,(H,20,23)(H,21,22). The molecule has 4 aromatic rings. The first kappa shape index (κ1) is 14.9. The van der Waals surface area contributed by atoms with Gasteiger partial charge in [0.25, 0.3) is 0 Å². The Hall–Kier alpha value is -2.64. The number of hydrogen-bond acceptors (Lipinski definition) is 4. The molecule has 0 amide bonds. The molecular formula is C15H11Cl2N7. The van der Waals surface area contributed by atoms with E-state index in [-0.39, 0.29) is 5.49 Å². The van der Waals surface area contributed by atoms with Crippen molar-refractivity contribution >= 4 is 34.4 Å². The van der Waals surface area contributed by atoms with Crippen LogP contribution in [0.15, 0.2) is 36.8 Å². The number of fused-ring (bicyclic) bond motifs is 1. The van der Waals surface area contributed by atoms with Gasteiger partial charge in [0.2, 0.25) is 0 Å². The molecule has 0 aliphatic heterocycles. The second-order valence-corrected chi connectivity index (χ2v) is 5.99. The van der Waals surface area contributed by atoms with E-state index in [2.05, 4.69) is 25.1 Å². The van der Waals surface area contributed by atoms with Crippen molar-refractivity contribution in [1.82, 2.24) is 29.7 Å². The third-order valence-electron chi connectivity index (χ3n) is 3.67. The molecule has 24 heavy (non-hydrogen) atoms. The van der Waals surface area contributed by atoms with E-state index < -0.39 is 0 Å². The summed E-state index contributed by atoms with van der Waals surface area (Å²) >= 11 is 12.5. The number of aromatic nitrogens is 6. The molecule has 4 rings (SSSR count). The van der Waals surface area contributed by atoms with E-state index in [4.69, 9.17) is 28.6 Å². The summed E-state index contributed by atoms with van der Waals surface area (Å²) in [5.74, 6) is 0.586. The Balaban J connectivity index is 1.87. The number of nitrogens with zero attached hydrogens (tertiary/aromatic N) is 4. The molecule has 0 saturated heterocycles. The minimum Gasteiger partial charge on any atom is -0.332 e. The van der Waals surface area contributed by atoms with Crippen LogP contribution in [0.3, 0.4) is 0 Å². The summed E-state index contributed by atoms with van der Waals surface area (Å²) in [4.78, 5) is 11.8. The van der Waals surface area contributed by atoms with Gasteiger partial charge in [-0.3, -0.25) is 10.5 Å². The zero-order valence-corrected chi connectivity index (χ0v) is 13.7. The Morgan fingerprint density at radius 1 is 1.17 bits per heavy atom. The SMILES string of the molecule is N=c1ncn(Cc2c(Cl)cccc2Cl)c2nc(-c3ccn[nH]3)[nH]c12. The number of halogens is 2. The maximum Gasteiger partial charge on any atom is 0.173 e. The van der Waals surface area contributed by atoms with Gasteiger partial charge >= 0.3 is 0 Å². The van der Waals surface area contributed by atoms with Gasteiger partial charge in [0.05, 0.1) is 12.9 Å². The molecule has 0 aliphatic carbocycles. The van der Waals surface area contributed by atoms with E-state index in [0.717, 1.165) is 11.3 Å². The number of rotatable bonds is 3. The minimum absolute atomic E-state index is 0.116. The molecule has 0 spiro atoms. The lowest BCUT2D eigenvalue weighted by atomic mass is 10.2. The zero-order valence-electron chi connectivity index (χ0n) is 12.2. The highest BCUT2D eigenvalue weighted by Crippen LogP contribution is 2.26. The smallest absolute Gasteiger partial charge is 0.173 e. The molecule has 9 heteroatoms. The van der Waals surface area contributed by atoms with Crippen molar-refractivity contribution in [3.05, 3.63) is 57.9 Å². The van der Waals surface area contributed by atoms with Crippen molar-refractivity contribution < 1.29 is 0 Å². The van der Waals surface area contributed by atoms with Crippen molar-refractivity contribution in [2.75, 3.05) is 0 Å². The molecule has 7 nitrogen and oxygen atoms in total. The average Bonchev–Trinajstić information content (AvgIpc) is 3.22. The van der Waals surface area contributed by atoms with Crippen molar-refractivity contribution in [3.8, 4) is 11.5 Å². The van der Waals surface area contributed by atoms with Gasteiger partial charge < -0.3 is 9.55 Å². The summed E-state index contributed by atoms with van der Waals surface area (Å²) in [6.07, 6.45) is 3.20. The highest BCUT2D eigenvalue weighted by molar-refractivity contribution is 6.36. The van der Waals surface area contributed by atoms with Crippen LogP contribution in [0.1, 0.15) is 5.56 Å². The van der Waals surface area contributed by atoms with E-state index in [9.17, 15) is 0 Å². The van der Waals surface area contributed by atoms with Gasteiger partial charge in [-0.25, -0.2) is 9.97 Å². The van der Waals surface area contributed by atoms with Crippen LogP contribution in [0.25, 0.3) is 22.7 Å². The number of hydrogen-bond donors (Lipinski definition) is 3. The summed E-state index contributed by atoms with van der Waals surface area (Å²) in [5, 5.41) is 15.9. The first-order valence-corrected chi connectivity index (χ1v) is 7.81. The topological polar surface area (TPSA) is 99.0 Å². The van der Waals surface area contributed by atoms with E-state index in [1.54, 1.807) is 41.4 Å². The lowest BCUT2D eigenvalue weighted by Gasteiger charge is -2.10. The van der Waals surface area contributed by atoms with Gasteiger partial charge in [-0.05, 0) is 18.2 Å². The van der Waals surface area contributed by atoms with Crippen LogP contribution in [0.4, 0.5) is 0 Å². The highest BCUT2D eigenvalue weighted by Gasteiger charge is 2.13. The van der Waals surface area contributed by atoms with Crippen LogP contribution >= 0.6 is 23.2 Å². The van der Waals surface area contributed by atoms with Crippen molar-refractivity contribution in [2.45, 2.75) is 6.54 Å². The zero-order chi connectivity index (χ0) is 16.7. The van der Waals surface area contributed by atoms with Crippen molar-refractivity contribution in [2.24, 2.45) is 0 Å². The van der Waals surface area contributed by atoms with Gasteiger partial charge in [-0.15, -0.1) is 0 Å². The molecule has 120 valence electrons. The fourth-order valence-corrected chi connectivity index (χ4v) is 2.99. The van der Waals surface area contributed by atoms with Gasteiger partial charge in [0.15, 0.2) is 17.0 Å². The van der Waals surface area contributed by atoms with Crippen molar-refractivity contribution in [1.29, 1.82) is 5.41 Å². The summed E-state index contributed by atoms with van der Waals surface area (Å²) < 4.78 is 1.80. The average molecular weight is 360 g/mol. The quantitative estimate of drug-likeness (QED) is 0.524. The van der Waals surface area contributed by atoms with Gasteiger partial charge in [0, 0.05) is 21.8 Å². The monoisotopic (exact) mass is 359 g/mol. The molecule has 0 unspecified atom stereocenters. The highest BCUT2D eigenvalue weighted by atomic mass is 35.5. The largest absolute Gasteiger partial charge is 0.332 e. The van der Waals surface area contributed by atoms with E-state index in [0.29, 0.717) is 33.6 Å². The third kappa shape index (κ3) is 2.47. The molecule has 3 aromatic heterocycles. The molecule has 3 N–H and O–H groups in total. The number of aromatic amines is 2. The Kier molecular flexibility index (Phi) is 3.59. The van der Waals surface area contributed by atoms with E-state index >= 15 is 0 Å². The summed E-state index contributed by atoms with van der Waals surface area (Å²) in [6, 6.07) is 7.16. The number of benzene rings is 1. The first-order chi connectivity index (χ1) is 11.6. The lowest BCUT2D eigenvalue weighted by Crippen LogP contribution is -2.13.